The zero-order valence-corrected chi connectivity index (χ0v) is 11.4. The molecule has 19 heavy (non-hydrogen) atoms. The number of rotatable bonds is 5. The Morgan fingerprint density at radius 1 is 1.53 bits per heavy atom. The van der Waals surface area contributed by atoms with E-state index in [9.17, 15) is 13.5 Å². The van der Waals surface area contributed by atoms with Crippen molar-refractivity contribution in [3.8, 4) is 0 Å². The average Bonchev–Trinajstić information content (AvgIpc) is 2.98. The average molecular weight is 285 g/mol. The van der Waals surface area contributed by atoms with Crippen molar-refractivity contribution in [3.05, 3.63) is 35.4 Å². The number of aryl methyl sites for hydroxylation is 1. The van der Waals surface area contributed by atoms with Crippen molar-refractivity contribution < 1.29 is 17.9 Å². The summed E-state index contributed by atoms with van der Waals surface area (Å²) in [7, 11) is -2.30. The quantitative estimate of drug-likeness (QED) is 0.839. The van der Waals surface area contributed by atoms with E-state index in [0.717, 1.165) is 9.87 Å². The second-order valence-electron chi connectivity index (χ2n) is 4.18. The minimum atomic E-state index is -3.75. The van der Waals surface area contributed by atoms with Crippen molar-refractivity contribution >= 4 is 10.0 Å². The monoisotopic (exact) mass is 285 g/mol. The van der Waals surface area contributed by atoms with E-state index in [1.165, 1.54) is 19.6 Å². The van der Waals surface area contributed by atoms with Crippen LogP contribution in [0.3, 0.4) is 0 Å². The summed E-state index contributed by atoms with van der Waals surface area (Å²) < 4.78 is 30.8. The number of sulfonamides is 1. The largest absolute Gasteiger partial charge is 0.472 e. The molecule has 0 fully saturated rings. The molecule has 2 N–H and O–H groups in total. The molecule has 0 bridgehead atoms. The molecule has 0 amide bonds. The zero-order chi connectivity index (χ0) is 14.0. The molecule has 0 spiro atoms. The highest BCUT2D eigenvalue weighted by Crippen LogP contribution is 2.21. The van der Waals surface area contributed by atoms with E-state index in [0.29, 0.717) is 11.3 Å². The van der Waals surface area contributed by atoms with E-state index >= 15 is 0 Å². The molecule has 0 atom stereocenters. The van der Waals surface area contributed by atoms with Crippen LogP contribution >= 0.6 is 0 Å². The third-order valence-corrected chi connectivity index (χ3v) is 4.61. The lowest BCUT2D eigenvalue weighted by Crippen LogP contribution is -2.27. The van der Waals surface area contributed by atoms with Gasteiger partial charge in [0.2, 0.25) is 0 Å². The standard InChI is InChI=1S/C11H15N3O4S/c1-8-10(6-15)11(13-12-8)19(16,17)14(2)5-9-3-4-18-7-9/h3-4,7,15H,5-6H2,1-2H3,(H,12,13). The van der Waals surface area contributed by atoms with E-state index < -0.39 is 10.0 Å². The van der Waals surface area contributed by atoms with Gasteiger partial charge >= 0.3 is 0 Å². The Balaban J connectivity index is 2.31. The van der Waals surface area contributed by atoms with Crippen LogP contribution in [0, 0.1) is 6.92 Å². The molecule has 8 heteroatoms. The first-order valence-corrected chi connectivity index (χ1v) is 7.03. The number of aliphatic hydroxyl groups is 1. The Morgan fingerprint density at radius 3 is 2.84 bits per heavy atom. The Bertz CT molecular complexity index is 646. The maximum Gasteiger partial charge on any atom is 0.262 e. The molecule has 0 aliphatic carbocycles. The van der Waals surface area contributed by atoms with Crippen molar-refractivity contribution in [2.24, 2.45) is 0 Å². The zero-order valence-electron chi connectivity index (χ0n) is 10.6. The van der Waals surface area contributed by atoms with Gasteiger partial charge in [0.15, 0.2) is 5.03 Å². The fourth-order valence-corrected chi connectivity index (χ4v) is 3.01. The molecule has 0 unspecified atom stereocenters. The van der Waals surface area contributed by atoms with Gasteiger partial charge in [-0.05, 0) is 13.0 Å². The Hall–Kier alpha value is -1.64. The van der Waals surface area contributed by atoms with Crippen LogP contribution in [-0.2, 0) is 23.2 Å². The lowest BCUT2D eigenvalue weighted by molar-refractivity contribution is 0.277. The summed E-state index contributed by atoms with van der Waals surface area (Å²) in [6, 6.07) is 1.69. The summed E-state index contributed by atoms with van der Waals surface area (Å²) in [6.07, 6.45) is 2.96. The van der Waals surface area contributed by atoms with Crippen LogP contribution in [0.1, 0.15) is 16.8 Å². The molecule has 0 aliphatic heterocycles. The maximum atomic E-state index is 12.4. The molecular weight excluding hydrogens is 270 g/mol. The highest BCUT2D eigenvalue weighted by atomic mass is 32.2. The lowest BCUT2D eigenvalue weighted by atomic mass is 10.3. The number of H-pyrrole nitrogens is 1. The summed E-state index contributed by atoms with van der Waals surface area (Å²) in [6.45, 7) is 1.46. The summed E-state index contributed by atoms with van der Waals surface area (Å²) in [4.78, 5) is 0. The molecule has 2 aromatic heterocycles. The number of furan rings is 1. The summed E-state index contributed by atoms with van der Waals surface area (Å²) in [5.74, 6) is 0. The van der Waals surface area contributed by atoms with Crippen LogP contribution in [-0.4, -0.2) is 35.1 Å². The van der Waals surface area contributed by atoms with Crippen LogP contribution in [0.15, 0.2) is 28.0 Å². The van der Waals surface area contributed by atoms with Gasteiger partial charge in [-0.15, -0.1) is 0 Å². The van der Waals surface area contributed by atoms with Gasteiger partial charge < -0.3 is 9.52 Å². The van der Waals surface area contributed by atoms with E-state index in [-0.39, 0.29) is 18.2 Å². The molecule has 7 nitrogen and oxygen atoms in total. The molecule has 2 aromatic rings. The molecule has 104 valence electrons. The fraction of sp³-hybridized carbons (Fsp3) is 0.364. The molecule has 2 rings (SSSR count). The third kappa shape index (κ3) is 2.55. The Labute approximate surface area is 110 Å². The Kier molecular flexibility index (Phi) is 3.74. The van der Waals surface area contributed by atoms with Crippen molar-refractivity contribution in [3.63, 3.8) is 0 Å². The molecular formula is C11H15N3O4S. The summed E-state index contributed by atoms with van der Waals surface area (Å²) >= 11 is 0. The molecule has 0 radical (unpaired) electrons. The highest BCUT2D eigenvalue weighted by molar-refractivity contribution is 7.89. The first-order valence-electron chi connectivity index (χ1n) is 5.59. The van der Waals surface area contributed by atoms with E-state index in [4.69, 9.17) is 4.42 Å². The van der Waals surface area contributed by atoms with Gasteiger partial charge in [-0.25, -0.2) is 8.42 Å². The van der Waals surface area contributed by atoms with Gasteiger partial charge in [0.05, 0.1) is 19.1 Å². The van der Waals surface area contributed by atoms with Crippen LogP contribution in [0.25, 0.3) is 0 Å². The van der Waals surface area contributed by atoms with Crippen molar-refractivity contribution in [1.29, 1.82) is 0 Å². The fourth-order valence-electron chi connectivity index (χ4n) is 1.70. The minimum absolute atomic E-state index is 0.140. The normalized spacial score (nSPS) is 12.2. The number of aromatic amines is 1. The van der Waals surface area contributed by atoms with Crippen molar-refractivity contribution in [1.82, 2.24) is 14.5 Å². The predicted molar refractivity (Wildman–Crippen MR) is 66.6 cm³/mol. The van der Waals surface area contributed by atoms with Crippen LogP contribution in [0.5, 0.6) is 0 Å². The first-order chi connectivity index (χ1) is 8.96. The number of nitrogens with zero attached hydrogens (tertiary/aromatic N) is 2. The van der Waals surface area contributed by atoms with Crippen molar-refractivity contribution in [2.45, 2.75) is 25.1 Å². The second kappa shape index (κ2) is 5.16. The number of hydrogen-bond acceptors (Lipinski definition) is 5. The van der Waals surface area contributed by atoms with E-state index in [1.54, 1.807) is 13.0 Å². The molecule has 0 aliphatic rings. The van der Waals surface area contributed by atoms with Gasteiger partial charge in [0.25, 0.3) is 10.0 Å². The summed E-state index contributed by atoms with van der Waals surface area (Å²) in [5, 5.41) is 15.4. The van der Waals surface area contributed by atoms with Crippen LogP contribution in [0.2, 0.25) is 0 Å². The molecule has 0 saturated carbocycles. The Morgan fingerprint density at radius 2 is 2.26 bits per heavy atom. The molecule has 0 saturated heterocycles. The van der Waals surface area contributed by atoms with Gasteiger partial charge in [-0.1, -0.05) is 0 Å². The van der Waals surface area contributed by atoms with E-state index in [2.05, 4.69) is 10.2 Å². The number of hydrogen-bond donors (Lipinski definition) is 2. The number of aromatic nitrogens is 2. The van der Waals surface area contributed by atoms with Crippen LogP contribution < -0.4 is 0 Å². The highest BCUT2D eigenvalue weighted by Gasteiger charge is 2.28. The third-order valence-electron chi connectivity index (χ3n) is 2.83. The lowest BCUT2D eigenvalue weighted by Gasteiger charge is -2.15. The topological polar surface area (TPSA) is 99.4 Å². The maximum absolute atomic E-state index is 12.4. The minimum Gasteiger partial charge on any atom is -0.472 e. The summed E-state index contributed by atoms with van der Waals surface area (Å²) in [5.41, 5.74) is 1.57. The second-order valence-corrected chi connectivity index (χ2v) is 6.14. The van der Waals surface area contributed by atoms with Crippen molar-refractivity contribution in [2.75, 3.05) is 7.05 Å². The number of aliphatic hydroxyl groups excluding tert-OH is 1. The van der Waals surface area contributed by atoms with Gasteiger partial charge in [0.1, 0.15) is 0 Å². The smallest absolute Gasteiger partial charge is 0.262 e. The van der Waals surface area contributed by atoms with E-state index in [1.807, 2.05) is 0 Å². The molecule has 0 aromatic carbocycles. The first kappa shape index (κ1) is 13.8. The number of nitrogens with one attached hydrogen (secondary N) is 1. The molecule has 2 heterocycles. The van der Waals surface area contributed by atoms with Gasteiger partial charge in [-0.3, -0.25) is 5.10 Å². The SMILES string of the molecule is Cc1[nH]nc(S(=O)(=O)N(C)Cc2ccoc2)c1CO. The van der Waals surface area contributed by atoms with Crippen LogP contribution in [0.4, 0.5) is 0 Å². The van der Waals surface area contributed by atoms with Gasteiger partial charge in [-0.2, -0.15) is 9.40 Å². The predicted octanol–water partition coefficient (Wildman–Crippen LogP) is 0.624. The van der Waals surface area contributed by atoms with Gasteiger partial charge in [0, 0.05) is 30.4 Å².